The Labute approximate surface area is 93.3 Å². The van der Waals surface area contributed by atoms with E-state index in [9.17, 15) is 0 Å². The van der Waals surface area contributed by atoms with Crippen molar-refractivity contribution in [1.82, 2.24) is 4.90 Å². The van der Waals surface area contributed by atoms with Gasteiger partial charge in [-0.15, -0.1) is 0 Å². The van der Waals surface area contributed by atoms with Crippen molar-refractivity contribution in [2.45, 2.75) is 46.0 Å². The highest BCUT2D eigenvalue weighted by molar-refractivity contribution is 5.01. The standard InChI is InChI=1S/C13H22N2/c1-12(2)4-3-9-15(10-12)11-13(5-6-13)7-8-14/h3-7,9-11H2,1-2H3. The topological polar surface area (TPSA) is 27.0 Å². The summed E-state index contributed by atoms with van der Waals surface area (Å²) < 4.78 is 0. The molecule has 2 nitrogen and oxygen atoms in total. The number of hydrogen-bond acceptors (Lipinski definition) is 2. The van der Waals surface area contributed by atoms with Crippen molar-refractivity contribution in [3.05, 3.63) is 0 Å². The van der Waals surface area contributed by atoms with Crippen LogP contribution in [0.1, 0.15) is 46.0 Å². The van der Waals surface area contributed by atoms with E-state index in [1.54, 1.807) is 0 Å². The highest BCUT2D eigenvalue weighted by Crippen LogP contribution is 2.49. The van der Waals surface area contributed by atoms with Gasteiger partial charge in [-0.1, -0.05) is 13.8 Å². The number of nitrogens with zero attached hydrogens (tertiary/aromatic N) is 2. The van der Waals surface area contributed by atoms with Gasteiger partial charge in [0, 0.05) is 19.5 Å². The molecular formula is C13H22N2. The molecule has 84 valence electrons. The third-order valence-corrected chi connectivity index (χ3v) is 3.95. The summed E-state index contributed by atoms with van der Waals surface area (Å²) in [7, 11) is 0. The molecule has 0 N–H and O–H groups in total. The maximum atomic E-state index is 8.81. The van der Waals surface area contributed by atoms with Crippen molar-refractivity contribution < 1.29 is 0 Å². The van der Waals surface area contributed by atoms with Crippen LogP contribution in [0.5, 0.6) is 0 Å². The fourth-order valence-corrected chi connectivity index (χ4v) is 2.89. The Morgan fingerprint density at radius 3 is 2.53 bits per heavy atom. The van der Waals surface area contributed by atoms with E-state index in [-0.39, 0.29) is 0 Å². The Morgan fingerprint density at radius 1 is 1.27 bits per heavy atom. The second-order valence-electron chi connectivity index (χ2n) is 6.31. The smallest absolute Gasteiger partial charge is 0.0628 e. The second kappa shape index (κ2) is 3.79. The average Bonchev–Trinajstić information content (AvgIpc) is 2.83. The van der Waals surface area contributed by atoms with Crippen molar-refractivity contribution in [2.75, 3.05) is 19.6 Å². The molecule has 0 aromatic carbocycles. The third kappa shape index (κ3) is 2.72. The molecule has 0 bridgehead atoms. The van der Waals surface area contributed by atoms with Crippen LogP contribution in [0.25, 0.3) is 0 Å². The molecule has 1 saturated carbocycles. The Kier molecular flexibility index (Phi) is 2.77. The molecule has 1 heterocycles. The first-order chi connectivity index (χ1) is 7.05. The summed E-state index contributed by atoms with van der Waals surface area (Å²) in [5.41, 5.74) is 0.878. The maximum Gasteiger partial charge on any atom is 0.0628 e. The summed E-state index contributed by atoms with van der Waals surface area (Å²) in [5, 5.41) is 8.81. The van der Waals surface area contributed by atoms with Gasteiger partial charge in [-0.2, -0.15) is 5.26 Å². The van der Waals surface area contributed by atoms with Gasteiger partial charge in [0.1, 0.15) is 0 Å². The molecule has 1 aliphatic carbocycles. The van der Waals surface area contributed by atoms with Crippen LogP contribution in [0.15, 0.2) is 0 Å². The van der Waals surface area contributed by atoms with Gasteiger partial charge in [0.25, 0.3) is 0 Å². The van der Waals surface area contributed by atoms with E-state index >= 15 is 0 Å². The van der Waals surface area contributed by atoms with Crippen molar-refractivity contribution >= 4 is 0 Å². The van der Waals surface area contributed by atoms with Crippen LogP contribution in [0.4, 0.5) is 0 Å². The number of piperidine rings is 1. The van der Waals surface area contributed by atoms with Crippen LogP contribution in [-0.2, 0) is 0 Å². The zero-order valence-electron chi connectivity index (χ0n) is 10.1. The van der Waals surface area contributed by atoms with E-state index in [1.165, 1.54) is 45.3 Å². The van der Waals surface area contributed by atoms with Gasteiger partial charge < -0.3 is 4.90 Å². The predicted octanol–water partition coefficient (Wildman–Crippen LogP) is 2.80. The summed E-state index contributed by atoms with van der Waals surface area (Å²) in [6.45, 7) is 8.37. The first-order valence-electron chi connectivity index (χ1n) is 6.15. The summed E-state index contributed by atoms with van der Waals surface area (Å²) in [6.07, 6.45) is 6.00. The fourth-order valence-electron chi connectivity index (χ4n) is 2.89. The van der Waals surface area contributed by atoms with Gasteiger partial charge in [0.15, 0.2) is 0 Å². The van der Waals surface area contributed by atoms with Crippen LogP contribution in [0, 0.1) is 22.2 Å². The molecule has 15 heavy (non-hydrogen) atoms. The lowest BCUT2D eigenvalue weighted by Gasteiger charge is -2.39. The highest BCUT2D eigenvalue weighted by atomic mass is 15.1. The highest BCUT2D eigenvalue weighted by Gasteiger charge is 2.44. The monoisotopic (exact) mass is 206 g/mol. The molecule has 0 atom stereocenters. The molecular weight excluding hydrogens is 184 g/mol. The summed E-state index contributed by atoms with van der Waals surface area (Å²) >= 11 is 0. The lowest BCUT2D eigenvalue weighted by molar-refractivity contribution is 0.0976. The van der Waals surface area contributed by atoms with Gasteiger partial charge >= 0.3 is 0 Å². The number of rotatable bonds is 3. The lowest BCUT2D eigenvalue weighted by atomic mass is 9.83. The molecule has 2 heteroatoms. The molecule has 0 unspecified atom stereocenters. The normalized spacial score (nSPS) is 28.3. The van der Waals surface area contributed by atoms with E-state index in [0.29, 0.717) is 10.8 Å². The van der Waals surface area contributed by atoms with Crippen LogP contribution < -0.4 is 0 Å². The van der Waals surface area contributed by atoms with Crippen LogP contribution in [0.2, 0.25) is 0 Å². The van der Waals surface area contributed by atoms with Crippen molar-refractivity contribution in [3.63, 3.8) is 0 Å². The Balaban J connectivity index is 1.87. The zero-order chi connectivity index (χ0) is 10.9. The first-order valence-corrected chi connectivity index (χ1v) is 6.15. The summed E-state index contributed by atoms with van der Waals surface area (Å²) in [6, 6.07) is 2.35. The van der Waals surface area contributed by atoms with Crippen LogP contribution in [0.3, 0.4) is 0 Å². The summed E-state index contributed by atoms with van der Waals surface area (Å²) in [5.74, 6) is 0. The Hall–Kier alpha value is -0.550. The molecule has 0 aromatic rings. The van der Waals surface area contributed by atoms with Crippen LogP contribution in [-0.4, -0.2) is 24.5 Å². The SMILES string of the molecule is CC1(C)CCCN(CC2(CC#N)CC2)C1. The van der Waals surface area contributed by atoms with E-state index in [4.69, 9.17) is 5.26 Å². The molecule has 1 aliphatic heterocycles. The Bertz CT molecular complexity index is 271. The number of hydrogen-bond donors (Lipinski definition) is 0. The van der Waals surface area contributed by atoms with Gasteiger partial charge in [0.05, 0.1) is 6.07 Å². The van der Waals surface area contributed by atoms with Crippen molar-refractivity contribution in [2.24, 2.45) is 10.8 Å². The number of nitriles is 1. The van der Waals surface area contributed by atoms with E-state index in [1.807, 2.05) is 0 Å². The second-order valence-corrected chi connectivity index (χ2v) is 6.31. The van der Waals surface area contributed by atoms with E-state index in [0.717, 1.165) is 6.42 Å². The minimum atomic E-state index is 0.391. The third-order valence-electron chi connectivity index (χ3n) is 3.95. The molecule has 0 radical (unpaired) electrons. The van der Waals surface area contributed by atoms with Gasteiger partial charge in [-0.05, 0) is 43.1 Å². The maximum absolute atomic E-state index is 8.81. The molecule has 1 saturated heterocycles. The van der Waals surface area contributed by atoms with Crippen molar-refractivity contribution in [3.8, 4) is 6.07 Å². The predicted molar refractivity (Wildman–Crippen MR) is 61.4 cm³/mol. The minimum absolute atomic E-state index is 0.391. The molecule has 0 aromatic heterocycles. The molecule has 2 fully saturated rings. The van der Waals surface area contributed by atoms with Gasteiger partial charge in [-0.3, -0.25) is 0 Å². The molecule has 0 amide bonds. The van der Waals surface area contributed by atoms with Crippen molar-refractivity contribution in [1.29, 1.82) is 5.26 Å². The molecule has 2 rings (SSSR count). The zero-order valence-corrected chi connectivity index (χ0v) is 10.1. The fraction of sp³-hybridized carbons (Fsp3) is 0.923. The first kappa shape index (κ1) is 11.0. The quantitative estimate of drug-likeness (QED) is 0.710. The lowest BCUT2D eigenvalue weighted by Crippen LogP contribution is -2.42. The van der Waals surface area contributed by atoms with E-state index in [2.05, 4.69) is 24.8 Å². The van der Waals surface area contributed by atoms with Gasteiger partial charge in [-0.25, -0.2) is 0 Å². The average molecular weight is 206 g/mol. The number of likely N-dealkylation sites (tertiary alicyclic amines) is 1. The van der Waals surface area contributed by atoms with E-state index < -0.39 is 0 Å². The van der Waals surface area contributed by atoms with Gasteiger partial charge in [0.2, 0.25) is 0 Å². The summed E-state index contributed by atoms with van der Waals surface area (Å²) in [4.78, 5) is 2.59. The largest absolute Gasteiger partial charge is 0.302 e. The minimum Gasteiger partial charge on any atom is -0.302 e. The molecule has 0 spiro atoms. The Morgan fingerprint density at radius 2 is 2.00 bits per heavy atom. The van der Waals surface area contributed by atoms with Crippen LogP contribution >= 0.6 is 0 Å². The molecule has 2 aliphatic rings.